The first-order valence-electron chi connectivity index (χ1n) is 4.36. The van der Waals surface area contributed by atoms with Gasteiger partial charge in [0.25, 0.3) is 0 Å². The largest absolute Gasteiger partial charge is 0.394 e. The fourth-order valence-electron chi connectivity index (χ4n) is 1.12. The lowest BCUT2D eigenvalue weighted by Crippen LogP contribution is -2.16. The van der Waals surface area contributed by atoms with Crippen molar-refractivity contribution in [2.45, 2.75) is 20.3 Å². The molecule has 0 aromatic carbocycles. The molecule has 0 unspecified atom stereocenters. The molecule has 1 rings (SSSR count). The summed E-state index contributed by atoms with van der Waals surface area (Å²) in [5.41, 5.74) is 7.37. The highest BCUT2D eigenvalue weighted by Crippen LogP contribution is 2.20. The zero-order chi connectivity index (χ0) is 10.0. The second-order valence-electron chi connectivity index (χ2n) is 3.21. The summed E-state index contributed by atoms with van der Waals surface area (Å²) in [4.78, 5) is 10.5. The highest BCUT2D eigenvalue weighted by Gasteiger charge is 2.08. The number of rotatable bonds is 2. The highest BCUT2D eigenvalue weighted by molar-refractivity contribution is 5.64. The molecule has 0 aliphatic rings. The van der Waals surface area contributed by atoms with Crippen LogP contribution in [-0.2, 0) is 6.42 Å². The van der Waals surface area contributed by atoms with Crippen molar-refractivity contribution in [2.24, 2.45) is 0 Å². The molecule has 0 bridgehead atoms. The topological polar surface area (TPSA) is 55.0 Å². The van der Waals surface area contributed by atoms with Gasteiger partial charge in [0, 0.05) is 20.5 Å². The fourth-order valence-corrected chi connectivity index (χ4v) is 1.12. The van der Waals surface area contributed by atoms with Crippen molar-refractivity contribution in [2.75, 3.05) is 24.7 Å². The number of hydrogen-bond donors (Lipinski definition) is 1. The third-order valence-electron chi connectivity index (χ3n) is 1.90. The van der Waals surface area contributed by atoms with Gasteiger partial charge in [0.15, 0.2) is 5.82 Å². The smallest absolute Gasteiger partial charge is 0.155 e. The van der Waals surface area contributed by atoms with E-state index in [0.717, 1.165) is 23.8 Å². The maximum Gasteiger partial charge on any atom is 0.155 e. The number of nitrogen functional groups attached to an aromatic ring is 1. The van der Waals surface area contributed by atoms with Crippen LogP contribution >= 0.6 is 0 Å². The van der Waals surface area contributed by atoms with E-state index >= 15 is 0 Å². The number of anilines is 2. The summed E-state index contributed by atoms with van der Waals surface area (Å²) in [5, 5.41) is 0. The Bertz CT molecular complexity index is 307. The van der Waals surface area contributed by atoms with Gasteiger partial charge in [-0.1, -0.05) is 6.92 Å². The van der Waals surface area contributed by atoms with Crippen molar-refractivity contribution >= 4 is 11.5 Å². The van der Waals surface area contributed by atoms with Gasteiger partial charge >= 0.3 is 0 Å². The molecule has 4 nitrogen and oxygen atoms in total. The van der Waals surface area contributed by atoms with Crippen LogP contribution in [0.3, 0.4) is 0 Å². The summed E-state index contributed by atoms with van der Waals surface area (Å²) in [7, 11) is 3.86. The molecule has 0 aliphatic carbocycles. The molecule has 0 aliphatic heterocycles. The van der Waals surface area contributed by atoms with Crippen LogP contribution in [0.15, 0.2) is 0 Å². The zero-order valence-corrected chi connectivity index (χ0v) is 8.63. The Labute approximate surface area is 78.8 Å². The van der Waals surface area contributed by atoms with Gasteiger partial charge in [0.2, 0.25) is 0 Å². The van der Waals surface area contributed by atoms with Gasteiger partial charge in [-0.3, -0.25) is 0 Å². The third kappa shape index (κ3) is 1.88. The van der Waals surface area contributed by atoms with E-state index in [1.165, 1.54) is 0 Å². The Hall–Kier alpha value is -1.32. The maximum atomic E-state index is 5.84. The average Bonchev–Trinajstić information content (AvgIpc) is 2.09. The monoisotopic (exact) mass is 180 g/mol. The molecule has 0 saturated heterocycles. The summed E-state index contributed by atoms with van der Waals surface area (Å²) in [5.74, 6) is 1.65. The molecule has 13 heavy (non-hydrogen) atoms. The lowest BCUT2D eigenvalue weighted by atomic mass is 10.3. The second kappa shape index (κ2) is 3.60. The molecule has 0 atom stereocenters. The number of nitrogens with zero attached hydrogens (tertiary/aromatic N) is 3. The minimum Gasteiger partial charge on any atom is -0.394 e. The van der Waals surface area contributed by atoms with E-state index in [0.29, 0.717) is 5.69 Å². The van der Waals surface area contributed by atoms with Crippen LogP contribution in [0.1, 0.15) is 18.4 Å². The molecule has 4 heteroatoms. The van der Waals surface area contributed by atoms with Crippen LogP contribution in [-0.4, -0.2) is 24.1 Å². The summed E-state index contributed by atoms with van der Waals surface area (Å²) in [6, 6.07) is 0. The van der Waals surface area contributed by atoms with E-state index in [-0.39, 0.29) is 0 Å². The van der Waals surface area contributed by atoms with E-state index in [4.69, 9.17) is 5.73 Å². The first kappa shape index (κ1) is 9.77. The molecule has 0 saturated carbocycles. The Morgan fingerprint density at radius 3 is 2.38 bits per heavy atom. The third-order valence-corrected chi connectivity index (χ3v) is 1.90. The first-order valence-corrected chi connectivity index (χ1v) is 4.36. The van der Waals surface area contributed by atoms with Crippen molar-refractivity contribution < 1.29 is 0 Å². The summed E-state index contributed by atoms with van der Waals surface area (Å²) < 4.78 is 0. The lowest BCUT2D eigenvalue weighted by Gasteiger charge is -2.15. The van der Waals surface area contributed by atoms with E-state index in [1.54, 1.807) is 0 Å². The van der Waals surface area contributed by atoms with Crippen LogP contribution in [0.4, 0.5) is 11.5 Å². The van der Waals surface area contributed by atoms with E-state index in [9.17, 15) is 0 Å². The van der Waals surface area contributed by atoms with Gasteiger partial charge in [-0.2, -0.15) is 0 Å². The van der Waals surface area contributed by atoms with Gasteiger partial charge in [0.05, 0.1) is 11.4 Å². The molecular weight excluding hydrogens is 164 g/mol. The van der Waals surface area contributed by atoms with Gasteiger partial charge < -0.3 is 10.6 Å². The predicted molar refractivity (Wildman–Crippen MR) is 54.9 cm³/mol. The van der Waals surface area contributed by atoms with Gasteiger partial charge in [0.1, 0.15) is 5.82 Å². The number of aryl methyl sites for hydroxylation is 2. The van der Waals surface area contributed by atoms with Crippen molar-refractivity contribution in [1.29, 1.82) is 0 Å². The molecule has 1 aromatic heterocycles. The van der Waals surface area contributed by atoms with Crippen molar-refractivity contribution in [3.05, 3.63) is 11.5 Å². The van der Waals surface area contributed by atoms with Crippen LogP contribution in [0.5, 0.6) is 0 Å². The molecular formula is C9H16N4. The Kier molecular flexibility index (Phi) is 2.70. The Balaban J connectivity index is 3.25. The van der Waals surface area contributed by atoms with Gasteiger partial charge in [-0.25, -0.2) is 9.97 Å². The molecule has 0 spiro atoms. The minimum absolute atomic E-state index is 0.669. The number of nitrogens with two attached hydrogens (primary N) is 1. The van der Waals surface area contributed by atoms with Crippen molar-refractivity contribution in [3.63, 3.8) is 0 Å². The van der Waals surface area contributed by atoms with Crippen LogP contribution in [0.25, 0.3) is 0 Å². The Morgan fingerprint density at radius 2 is 1.92 bits per heavy atom. The normalized spacial score (nSPS) is 10.2. The van der Waals surface area contributed by atoms with Gasteiger partial charge in [-0.15, -0.1) is 0 Å². The SMILES string of the molecule is CCc1nc(C)c(N)c(N(C)C)n1. The van der Waals surface area contributed by atoms with Crippen molar-refractivity contribution in [3.8, 4) is 0 Å². The lowest BCUT2D eigenvalue weighted by molar-refractivity contribution is 0.901. The minimum atomic E-state index is 0.669. The highest BCUT2D eigenvalue weighted by atomic mass is 15.2. The summed E-state index contributed by atoms with van der Waals surface area (Å²) >= 11 is 0. The number of hydrogen-bond acceptors (Lipinski definition) is 4. The number of aromatic nitrogens is 2. The van der Waals surface area contributed by atoms with E-state index in [1.807, 2.05) is 32.8 Å². The molecule has 0 fully saturated rings. The van der Waals surface area contributed by atoms with Crippen LogP contribution in [0, 0.1) is 6.92 Å². The predicted octanol–water partition coefficient (Wildman–Crippen LogP) is 0.996. The molecule has 1 aromatic rings. The Morgan fingerprint density at radius 1 is 1.31 bits per heavy atom. The molecule has 1 heterocycles. The summed E-state index contributed by atoms with van der Waals surface area (Å²) in [6.45, 7) is 3.94. The van der Waals surface area contributed by atoms with E-state index < -0.39 is 0 Å². The molecule has 0 amide bonds. The first-order chi connectivity index (χ1) is 6.06. The standard InChI is InChI=1S/C9H16N4/c1-5-7-11-6(2)8(10)9(12-7)13(3)4/h5,10H2,1-4H3. The quantitative estimate of drug-likeness (QED) is 0.737. The van der Waals surface area contributed by atoms with Gasteiger partial charge in [-0.05, 0) is 6.92 Å². The second-order valence-corrected chi connectivity index (χ2v) is 3.21. The van der Waals surface area contributed by atoms with Crippen molar-refractivity contribution in [1.82, 2.24) is 9.97 Å². The fraction of sp³-hybridized carbons (Fsp3) is 0.556. The maximum absolute atomic E-state index is 5.84. The van der Waals surface area contributed by atoms with Crippen LogP contribution in [0.2, 0.25) is 0 Å². The van der Waals surface area contributed by atoms with Crippen LogP contribution < -0.4 is 10.6 Å². The molecule has 72 valence electrons. The zero-order valence-electron chi connectivity index (χ0n) is 8.63. The molecule has 2 N–H and O–H groups in total. The molecule has 0 radical (unpaired) electrons. The average molecular weight is 180 g/mol. The summed E-state index contributed by atoms with van der Waals surface area (Å²) in [6.07, 6.45) is 0.835. The van der Waals surface area contributed by atoms with E-state index in [2.05, 4.69) is 9.97 Å².